The van der Waals surface area contributed by atoms with Crippen molar-refractivity contribution in [3.8, 4) is 0 Å². The van der Waals surface area contributed by atoms with Gasteiger partial charge in [0.25, 0.3) is 0 Å². The van der Waals surface area contributed by atoms with E-state index in [2.05, 4.69) is 25.3 Å². The van der Waals surface area contributed by atoms with Gasteiger partial charge < -0.3 is 0 Å². The van der Waals surface area contributed by atoms with Gasteiger partial charge >= 0.3 is 190 Å². The summed E-state index contributed by atoms with van der Waals surface area (Å²) >= 11 is 4.81. The van der Waals surface area contributed by atoms with Crippen LogP contribution in [0.5, 0.6) is 0 Å². The molecule has 0 aliphatic rings. The molecule has 2 atom stereocenters. The molecule has 0 aromatic heterocycles. The molecule has 0 heterocycles. The van der Waals surface area contributed by atoms with Crippen LogP contribution in [-0.2, 0) is 28.6 Å². The third-order valence-electron chi connectivity index (χ3n) is 4.45. The molecule has 0 radical (unpaired) electrons. The first kappa shape index (κ1) is 24.2. The van der Waals surface area contributed by atoms with Crippen LogP contribution >= 0.6 is 25.3 Å². The second-order valence-corrected chi connectivity index (χ2v) is 17.3. The second kappa shape index (κ2) is 11.9. The summed E-state index contributed by atoms with van der Waals surface area (Å²) in [5, 5.41) is 0. The van der Waals surface area contributed by atoms with E-state index in [1.54, 1.807) is 9.88 Å². The molecule has 0 saturated carbocycles. The summed E-state index contributed by atoms with van der Waals surface area (Å²) in [5.41, 5.74) is 2.10. The predicted octanol–water partition coefficient (Wildman–Crippen LogP) is 4.35. The summed E-state index contributed by atoms with van der Waals surface area (Å²) in [5.74, 6) is -0.694. The van der Waals surface area contributed by atoms with E-state index in [1.807, 2.05) is 60.7 Å². The SMILES string of the molecule is [CH3][Sn]([CH3])([O]C(=O)C(CS)Cc1ccccc1)[O]C(=O)C(CS)Cc1ccccc1. The predicted molar refractivity (Wildman–Crippen MR) is 125 cm³/mol. The van der Waals surface area contributed by atoms with Crippen LogP contribution in [0, 0.1) is 11.8 Å². The van der Waals surface area contributed by atoms with Crippen molar-refractivity contribution < 1.29 is 15.7 Å². The normalized spacial score (nSPS) is 13.4. The van der Waals surface area contributed by atoms with Crippen LogP contribution in [0.4, 0.5) is 0 Å². The molecule has 0 N–H and O–H groups in total. The van der Waals surface area contributed by atoms with E-state index in [0.29, 0.717) is 24.3 Å². The van der Waals surface area contributed by atoms with Gasteiger partial charge in [-0.2, -0.15) is 0 Å². The van der Waals surface area contributed by atoms with Gasteiger partial charge in [-0.3, -0.25) is 0 Å². The van der Waals surface area contributed by atoms with Crippen LogP contribution < -0.4 is 0 Å². The van der Waals surface area contributed by atoms with Crippen LogP contribution in [0.1, 0.15) is 11.1 Å². The summed E-state index contributed by atoms with van der Waals surface area (Å²) < 4.78 is 11.5. The second-order valence-electron chi connectivity index (χ2n) is 7.38. The fourth-order valence-corrected chi connectivity index (χ4v) is 7.31. The first-order chi connectivity index (χ1) is 13.8. The zero-order valence-electron chi connectivity index (χ0n) is 16.8. The van der Waals surface area contributed by atoms with Gasteiger partial charge in [0.1, 0.15) is 0 Å². The van der Waals surface area contributed by atoms with Gasteiger partial charge in [0, 0.05) is 0 Å². The Morgan fingerprint density at radius 1 is 0.759 bits per heavy atom. The van der Waals surface area contributed by atoms with E-state index in [9.17, 15) is 9.59 Å². The van der Waals surface area contributed by atoms with Gasteiger partial charge in [0.05, 0.1) is 0 Å². The van der Waals surface area contributed by atoms with E-state index in [-0.39, 0.29) is 23.8 Å². The minimum atomic E-state index is -3.82. The van der Waals surface area contributed by atoms with Crippen molar-refractivity contribution in [3.05, 3.63) is 71.8 Å². The van der Waals surface area contributed by atoms with E-state index in [1.165, 1.54) is 0 Å². The Labute approximate surface area is 189 Å². The first-order valence-corrected chi connectivity index (χ1v) is 18.9. The molecule has 0 fully saturated rings. The molecule has 0 bridgehead atoms. The van der Waals surface area contributed by atoms with Gasteiger partial charge in [-0.15, -0.1) is 0 Å². The quantitative estimate of drug-likeness (QED) is 0.349. The number of thiol groups is 2. The van der Waals surface area contributed by atoms with Crippen molar-refractivity contribution >= 4 is 56.4 Å². The molecule has 0 aliphatic heterocycles. The number of rotatable bonds is 10. The molecule has 4 nitrogen and oxygen atoms in total. The van der Waals surface area contributed by atoms with E-state index < -0.39 is 19.2 Å². The van der Waals surface area contributed by atoms with E-state index in [4.69, 9.17) is 6.15 Å². The van der Waals surface area contributed by atoms with Crippen LogP contribution in [0.15, 0.2) is 60.7 Å². The average Bonchev–Trinajstić information content (AvgIpc) is 2.70. The van der Waals surface area contributed by atoms with Crippen molar-refractivity contribution in [2.24, 2.45) is 11.8 Å². The standard InChI is InChI=1S/2C10H12O2S.2CH3.Sn/c2*11-10(12)9(7-13)6-8-4-2-1-3-5-8;;;/h2*1-5,9,13H,6-7H2,(H,11,12);2*1H3;/q;;;;+2/p-2. The van der Waals surface area contributed by atoms with Gasteiger partial charge in [0.15, 0.2) is 0 Å². The molecule has 0 aliphatic carbocycles. The minimum absolute atomic E-state index is 0.345. The molecule has 7 heteroatoms. The molecule has 156 valence electrons. The van der Waals surface area contributed by atoms with Crippen LogP contribution in [0.3, 0.4) is 0 Å². The third-order valence-corrected chi connectivity index (χ3v) is 9.29. The van der Waals surface area contributed by atoms with Crippen molar-refractivity contribution in [2.75, 3.05) is 11.5 Å². The molecule has 2 rings (SSSR count). The molecular weight excluding hydrogens is 511 g/mol. The third kappa shape index (κ3) is 8.26. The van der Waals surface area contributed by atoms with E-state index >= 15 is 0 Å². The van der Waals surface area contributed by atoms with Gasteiger partial charge in [-0.25, -0.2) is 0 Å². The number of hydrogen-bond donors (Lipinski definition) is 2. The van der Waals surface area contributed by atoms with Crippen LogP contribution in [-0.4, -0.2) is 42.6 Å². The van der Waals surface area contributed by atoms with Gasteiger partial charge in [-0.05, 0) is 0 Å². The fourth-order valence-electron chi connectivity index (χ4n) is 2.91. The van der Waals surface area contributed by atoms with Gasteiger partial charge in [0.2, 0.25) is 0 Å². The van der Waals surface area contributed by atoms with E-state index in [0.717, 1.165) is 11.1 Å². The fraction of sp³-hybridized carbons (Fsp3) is 0.364. The molecule has 29 heavy (non-hydrogen) atoms. The summed E-state index contributed by atoms with van der Waals surface area (Å²) in [4.78, 5) is 28.9. The van der Waals surface area contributed by atoms with Crippen LogP contribution in [0.25, 0.3) is 0 Å². The summed E-state index contributed by atoms with van der Waals surface area (Å²) in [6.45, 7) is 0. The molecule has 2 aromatic carbocycles. The Hall–Kier alpha value is -1.12. The zero-order valence-corrected chi connectivity index (χ0v) is 21.4. The summed E-state index contributed by atoms with van der Waals surface area (Å²) in [7, 11) is 0. The Morgan fingerprint density at radius 2 is 1.10 bits per heavy atom. The molecule has 0 amide bonds. The molecule has 2 aromatic rings. The number of hydrogen-bond acceptors (Lipinski definition) is 6. The number of carbonyl (C=O) groups excluding carboxylic acids is 2. The molecule has 0 saturated heterocycles. The molecule has 2 unspecified atom stereocenters. The summed E-state index contributed by atoms with van der Waals surface area (Å²) in [6.07, 6.45) is 1.10. The Morgan fingerprint density at radius 3 is 1.41 bits per heavy atom. The number of benzene rings is 2. The Kier molecular flexibility index (Phi) is 9.92. The Balaban J connectivity index is 1.95. The maximum absolute atomic E-state index is 12.7. The monoisotopic (exact) mass is 540 g/mol. The number of carbonyl (C=O) groups is 2. The van der Waals surface area contributed by atoms with Crippen molar-refractivity contribution in [3.63, 3.8) is 0 Å². The topological polar surface area (TPSA) is 52.6 Å². The molecule has 0 spiro atoms. The van der Waals surface area contributed by atoms with Crippen molar-refractivity contribution in [1.82, 2.24) is 0 Å². The van der Waals surface area contributed by atoms with Crippen LogP contribution in [0.2, 0.25) is 9.88 Å². The first-order valence-electron chi connectivity index (χ1n) is 9.60. The van der Waals surface area contributed by atoms with Gasteiger partial charge in [-0.1, -0.05) is 0 Å². The zero-order chi connectivity index (χ0) is 21.3. The van der Waals surface area contributed by atoms with Crippen molar-refractivity contribution in [1.29, 1.82) is 0 Å². The Bertz CT molecular complexity index is 718. The average molecular weight is 539 g/mol. The summed E-state index contributed by atoms with van der Waals surface area (Å²) in [6, 6.07) is 19.5. The maximum atomic E-state index is 12.7. The molecular formula is C22H28O4S2Sn. The van der Waals surface area contributed by atoms with Crippen molar-refractivity contribution in [2.45, 2.75) is 22.7 Å².